The summed E-state index contributed by atoms with van der Waals surface area (Å²) in [5.74, 6) is -0.219. The summed E-state index contributed by atoms with van der Waals surface area (Å²) < 4.78 is 14.2. The van der Waals surface area contributed by atoms with Crippen molar-refractivity contribution in [2.24, 2.45) is 0 Å². The van der Waals surface area contributed by atoms with Crippen LogP contribution >= 0.6 is 11.3 Å². The van der Waals surface area contributed by atoms with Crippen molar-refractivity contribution in [2.45, 2.75) is 6.92 Å². The van der Waals surface area contributed by atoms with Gasteiger partial charge >= 0.3 is 0 Å². The molecule has 1 aromatic heterocycles. The monoisotopic (exact) mass is 258 g/mol. The zero-order valence-electron chi connectivity index (χ0n) is 9.77. The predicted molar refractivity (Wildman–Crippen MR) is 74.2 cm³/mol. The summed E-state index contributed by atoms with van der Waals surface area (Å²) in [4.78, 5) is 4.45. The molecular weight excluding hydrogens is 247 g/mol. The van der Waals surface area contributed by atoms with E-state index in [2.05, 4.69) is 4.98 Å². The summed E-state index contributed by atoms with van der Waals surface area (Å²) in [5.41, 5.74) is 9.22. The Balaban J connectivity index is 2.19. The molecule has 2 aromatic carbocycles. The van der Waals surface area contributed by atoms with Crippen LogP contribution in [0.4, 0.5) is 10.1 Å². The Labute approximate surface area is 108 Å². The molecule has 18 heavy (non-hydrogen) atoms. The molecule has 0 aliphatic rings. The Kier molecular flexibility index (Phi) is 2.52. The van der Waals surface area contributed by atoms with Crippen molar-refractivity contribution in [1.82, 2.24) is 4.98 Å². The zero-order valence-corrected chi connectivity index (χ0v) is 10.6. The Bertz CT molecular complexity index is 734. The molecule has 90 valence electrons. The Morgan fingerprint density at radius 2 is 2.06 bits per heavy atom. The highest BCUT2D eigenvalue weighted by Gasteiger charge is 2.09. The second kappa shape index (κ2) is 4.07. The van der Waals surface area contributed by atoms with Gasteiger partial charge in [-0.3, -0.25) is 0 Å². The Hall–Kier alpha value is -1.94. The van der Waals surface area contributed by atoms with Crippen LogP contribution in [0.3, 0.4) is 0 Å². The van der Waals surface area contributed by atoms with Gasteiger partial charge in [-0.15, -0.1) is 11.3 Å². The van der Waals surface area contributed by atoms with Crippen LogP contribution in [0.1, 0.15) is 5.56 Å². The van der Waals surface area contributed by atoms with E-state index in [-0.39, 0.29) is 5.82 Å². The smallest absolute Gasteiger partial charge is 0.142 e. The highest BCUT2D eigenvalue weighted by Crippen LogP contribution is 2.32. The topological polar surface area (TPSA) is 38.9 Å². The highest BCUT2D eigenvalue weighted by molar-refractivity contribution is 7.21. The average Bonchev–Trinajstić information content (AvgIpc) is 2.78. The minimum atomic E-state index is -0.219. The molecule has 0 fully saturated rings. The van der Waals surface area contributed by atoms with Crippen LogP contribution in [0.2, 0.25) is 0 Å². The molecule has 4 heteroatoms. The SMILES string of the molecule is Cc1cc(-c2nc3cccc(F)c3s2)ccc1N. The van der Waals surface area contributed by atoms with Crippen LogP contribution in [0.25, 0.3) is 20.8 Å². The van der Waals surface area contributed by atoms with Gasteiger partial charge in [0.05, 0.1) is 10.2 Å². The van der Waals surface area contributed by atoms with Gasteiger partial charge in [-0.25, -0.2) is 9.37 Å². The van der Waals surface area contributed by atoms with Crippen molar-refractivity contribution in [3.05, 3.63) is 47.8 Å². The van der Waals surface area contributed by atoms with Gasteiger partial charge in [-0.05, 0) is 42.8 Å². The maximum atomic E-state index is 13.6. The molecule has 0 saturated heterocycles. The minimum absolute atomic E-state index is 0.219. The van der Waals surface area contributed by atoms with Crippen molar-refractivity contribution >= 4 is 27.2 Å². The molecule has 0 aliphatic carbocycles. The molecule has 0 bridgehead atoms. The molecule has 2 N–H and O–H groups in total. The number of nitrogens with zero attached hydrogens (tertiary/aromatic N) is 1. The van der Waals surface area contributed by atoms with Crippen LogP contribution in [0.15, 0.2) is 36.4 Å². The number of hydrogen-bond donors (Lipinski definition) is 1. The molecule has 0 unspecified atom stereocenters. The lowest BCUT2D eigenvalue weighted by molar-refractivity contribution is 0.641. The van der Waals surface area contributed by atoms with Gasteiger partial charge in [0.15, 0.2) is 0 Å². The van der Waals surface area contributed by atoms with Gasteiger partial charge < -0.3 is 5.73 Å². The van der Waals surface area contributed by atoms with E-state index in [4.69, 9.17) is 5.73 Å². The predicted octanol–water partition coefficient (Wildman–Crippen LogP) is 3.99. The van der Waals surface area contributed by atoms with Gasteiger partial charge in [0.25, 0.3) is 0 Å². The van der Waals surface area contributed by atoms with Crippen LogP contribution in [0.5, 0.6) is 0 Å². The van der Waals surface area contributed by atoms with Gasteiger partial charge in [-0.2, -0.15) is 0 Å². The summed E-state index contributed by atoms with van der Waals surface area (Å²) >= 11 is 1.36. The number of fused-ring (bicyclic) bond motifs is 1. The van der Waals surface area contributed by atoms with Crippen molar-refractivity contribution in [3.8, 4) is 10.6 Å². The van der Waals surface area contributed by atoms with Crippen molar-refractivity contribution in [3.63, 3.8) is 0 Å². The molecule has 2 nitrogen and oxygen atoms in total. The maximum Gasteiger partial charge on any atom is 0.142 e. The number of nitrogens with two attached hydrogens (primary N) is 1. The second-order valence-corrected chi connectivity index (χ2v) is 5.18. The molecule has 0 atom stereocenters. The summed E-state index contributed by atoms with van der Waals surface area (Å²) in [6.07, 6.45) is 0. The fourth-order valence-electron chi connectivity index (χ4n) is 1.85. The molecule has 3 aromatic rings. The molecule has 3 rings (SSSR count). The van der Waals surface area contributed by atoms with E-state index in [1.807, 2.05) is 31.2 Å². The van der Waals surface area contributed by atoms with E-state index in [9.17, 15) is 4.39 Å². The van der Waals surface area contributed by atoms with Gasteiger partial charge in [0.1, 0.15) is 10.8 Å². The summed E-state index contributed by atoms with van der Waals surface area (Å²) in [7, 11) is 0. The van der Waals surface area contributed by atoms with E-state index in [1.54, 1.807) is 6.07 Å². The Morgan fingerprint density at radius 3 is 2.78 bits per heavy atom. The van der Waals surface area contributed by atoms with Gasteiger partial charge in [-0.1, -0.05) is 6.07 Å². The zero-order chi connectivity index (χ0) is 12.7. The molecule has 0 amide bonds. The number of hydrogen-bond acceptors (Lipinski definition) is 3. The maximum absolute atomic E-state index is 13.6. The largest absolute Gasteiger partial charge is 0.399 e. The Morgan fingerprint density at radius 1 is 1.22 bits per heavy atom. The number of rotatable bonds is 1. The van der Waals surface area contributed by atoms with Crippen LogP contribution in [0, 0.1) is 12.7 Å². The number of nitrogen functional groups attached to an aromatic ring is 1. The highest BCUT2D eigenvalue weighted by atomic mass is 32.1. The number of aromatic nitrogens is 1. The fraction of sp³-hybridized carbons (Fsp3) is 0.0714. The van der Waals surface area contributed by atoms with Crippen molar-refractivity contribution < 1.29 is 4.39 Å². The second-order valence-electron chi connectivity index (χ2n) is 4.18. The summed E-state index contributed by atoms with van der Waals surface area (Å²) in [6, 6.07) is 10.7. The van der Waals surface area contributed by atoms with E-state index >= 15 is 0 Å². The van der Waals surface area contributed by atoms with Crippen molar-refractivity contribution in [2.75, 3.05) is 5.73 Å². The third kappa shape index (κ3) is 1.75. The molecular formula is C14H11FN2S. The first-order chi connectivity index (χ1) is 8.65. The molecule has 0 saturated carbocycles. The molecule has 0 aliphatic heterocycles. The molecule has 1 heterocycles. The number of anilines is 1. The number of benzene rings is 2. The number of thiazole rings is 1. The van der Waals surface area contributed by atoms with Crippen molar-refractivity contribution in [1.29, 1.82) is 0 Å². The standard InChI is InChI=1S/C14H11FN2S/c1-8-7-9(5-6-11(8)16)14-17-12-4-2-3-10(15)13(12)18-14/h2-7H,16H2,1H3. The average molecular weight is 258 g/mol. The first-order valence-electron chi connectivity index (χ1n) is 5.57. The molecule has 0 radical (unpaired) electrons. The lowest BCUT2D eigenvalue weighted by atomic mass is 10.1. The summed E-state index contributed by atoms with van der Waals surface area (Å²) in [6.45, 7) is 1.95. The molecule has 0 spiro atoms. The number of halogens is 1. The van der Waals surface area contributed by atoms with E-state index in [1.165, 1.54) is 17.4 Å². The van der Waals surface area contributed by atoms with Crippen LogP contribution < -0.4 is 5.73 Å². The van der Waals surface area contributed by atoms with E-state index in [0.29, 0.717) is 10.2 Å². The van der Waals surface area contributed by atoms with E-state index < -0.39 is 0 Å². The first kappa shape index (κ1) is 11.2. The van der Waals surface area contributed by atoms with Gasteiger partial charge in [0, 0.05) is 11.3 Å². The van der Waals surface area contributed by atoms with Crippen LogP contribution in [-0.2, 0) is 0 Å². The first-order valence-corrected chi connectivity index (χ1v) is 6.38. The minimum Gasteiger partial charge on any atom is -0.399 e. The van der Waals surface area contributed by atoms with Crippen LogP contribution in [-0.4, -0.2) is 4.98 Å². The third-order valence-corrected chi connectivity index (χ3v) is 4.01. The quantitative estimate of drug-likeness (QED) is 0.670. The lowest BCUT2D eigenvalue weighted by Gasteiger charge is -2.01. The summed E-state index contributed by atoms with van der Waals surface area (Å²) in [5, 5.41) is 0.818. The van der Waals surface area contributed by atoms with E-state index in [0.717, 1.165) is 21.8 Å². The number of aryl methyl sites for hydroxylation is 1. The van der Waals surface area contributed by atoms with Gasteiger partial charge in [0.2, 0.25) is 0 Å². The lowest BCUT2D eigenvalue weighted by Crippen LogP contribution is -1.89. The third-order valence-electron chi connectivity index (χ3n) is 2.88. The fourth-order valence-corrected chi connectivity index (χ4v) is 2.81. The normalized spacial score (nSPS) is 11.0.